The molecule has 0 saturated carbocycles. The van der Waals surface area contributed by atoms with Crippen LogP contribution in [0.3, 0.4) is 0 Å². The van der Waals surface area contributed by atoms with E-state index in [-0.39, 0.29) is 35.6 Å². The van der Waals surface area contributed by atoms with Gasteiger partial charge in [-0.3, -0.25) is 4.55 Å². The quantitative estimate of drug-likeness (QED) is 0.0714. The molecule has 31 heavy (non-hydrogen) atoms. The van der Waals surface area contributed by atoms with Gasteiger partial charge in [0, 0.05) is 0 Å². The van der Waals surface area contributed by atoms with Gasteiger partial charge in [0.1, 0.15) is 42.7 Å². The van der Waals surface area contributed by atoms with Crippen molar-refractivity contribution in [2.75, 3.05) is 0 Å². The molecule has 0 bridgehead atoms. The topological polar surface area (TPSA) is 320 Å². The summed E-state index contributed by atoms with van der Waals surface area (Å²) in [5, 5.41) is 81.8. The number of aliphatic hydroxyl groups excluding tert-OH is 7. The maximum Gasteiger partial charge on any atom is 2.00 e. The Hall–Kier alpha value is -1.36. The van der Waals surface area contributed by atoms with Gasteiger partial charge in [-0.2, -0.15) is 8.42 Å². The van der Waals surface area contributed by atoms with Crippen LogP contribution in [0.25, 0.3) is 0 Å². The molecule has 176 valence electrons. The van der Waals surface area contributed by atoms with Crippen molar-refractivity contribution in [3.63, 3.8) is 0 Å². The molecule has 0 fully saturated rings. The van der Waals surface area contributed by atoms with Gasteiger partial charge in [-0.1, -0.05) is 0 Å². The first-order valence-corrected chi connectivity index (χ1v) is 8.62. The van der Waals surface area contributed by atoms with E-state index in [9.17, 15) is 37.8 Å². The smallest absolute Gasteiger partial charge is 0.547 e. The van der Waals surface area contributed by atoms with Gasteiger partial charge in [-0.25, -0.2) is 4.18 Å². The molecule has 0 aliphatic rings. The Balaban J connectivity index is -0.000000507. The Labute approximate surface area is 189 Å². The maximum atomic E-state index is 10.3. The molecule has 0 saturated heterocycles. The number of aldehydes is 2. The molecule has 0 unspecified atom stereocenters. The Morgan fingerprint density at radius 1 is 0.742 bits per heavy atom. The van der Waals surface area contributed by atoms with Crippen molar-refractivity contribution in [2.24, 2.45) is 0 Å². The number of hydrogen-bond donors (Lipinski definition) is 8. The first-order chi connectivity index (χ1) is 13.5. The second-order valence-corrected chi connectivity index (χ2v) is 6.29. The second kappa shape index (κ2) is 15.4. The zero-order chi connectivity index (χ0) is 24.4. The Bertz CT molecular complexity index is 683. The van der Waals surface area contributed by atoms with E-state index in [2.05, 4.69) is 4.18 Å². The van der Waals surface area contributed by atoms with E-state index in [1.807, 2.05) is 0 Å². The fourth-order valence-corrected chi connectivity index (χ4v) is 1.87. The molecule has 0 spiro atoms. The van der Waals surface area contributed by atoms with E-state index in [4.69, 9.17) is 40.3 Å². The first-order valence-electron chi connectivity index (χ1n) is 7.26. The number of carbonyl (C=O) groups excluding carboxylic acids is 4. The van der Waals surface area contributed by atoms with Crippen molar-refractivity contribution < 1.29 is 82.3 Å². The van der Waals surface area contributed by atoms with Crippen molar-refractivity contribution in [2.45, 2.75) is 48.8 Å². The molecular weight excluding hydrogens is 472 g/mol. The van der Waals surface area contributed by atoms with Crippen LogP contribution in [-0.4, -0.2) is 145 Å². The van der Waals surface area contributed by atoms with Crippen LogP contribution in [0, 0.1) is 0 Å². The summed E-state index contributed by atoms with van der Waals surface area (Å²) in [6, 6.07) is 0. The molecule has 0 radical (unpaired) electrons. The molecule has 0 amide bonds. The summed E-state index contributed by atoms with van der Waals surface area (Å²) in [6.07, 6.45) is -18.7. The number of carboxylic acids is 2. The fourth-order valence-electron chi connectivity index (χ4n) is 1.43. The normalized spacial score (nSPS) is 18.8. The number of aliphatic hydroxyl groups is 7. The van der Waals surface area contributed by atoms with Crippen LogP contribution in [-0.2, 0) is 33.8 Å². The summed E-state index contributed by atoms with van der Waals surface area (Å²) in [7, 11) is -5.11. The van der Waals surface area contributed by atoms with Gasteiger partial charge < -0.3 is 65.1 Å². The molecule has 0 heterocycles. The first kappa shape index (κ1) is 34.3. The van der Waals surface area contributed by atoms with Crippen molar-refractivity contribution in [3.05, 3.63) is 0 Å². The molecule has 0 aliphatic carbocycles. The summed E-state index contributed by atoms with van der Waals surface area (Å²) in [5.74, 6) is -4.17. The van der Waals surface area contributed by atoms with Crippen molar-refractivity contribution in [1.29, 1.82) is 0 Å². The van der Waals surface area contributed by atoms with E-state index in [1.54, 1.807) is 0 Å². The Morgan fingerprint density at radius 3 is 1.35 bits per heavy atom. The Kier molecular flexibility index (Phi) is 17.1. The molecule has 19 heteroatoms. The minimum atomic E-state index is -5.11. The molecule has 0 aromatic heterocycles. The van der Waals surface area contributed by atoms with Gasteiger partial charge in [-0.05, 0) is 0 Å². The number of carboxylic acid groups (broad SMARTS) is 2. The summed E-state index contributed by atoms with van der Waals surface area (Å²) in [6.45, 7) is 0. The summed E-state index contributed by atoms with van der Waals surface area (Å²) >= 11 is 0. The largest absolute Gasteiger partial charge is 2.00 e. The number of aliphatic carboxylic acids is 2. The Morgan fingerprint density at radius 2 is 1.10 bits per heavy atom. The van der Waals surface area contributed by atoms with Crippen molar-refractivity contribution in [1.82, 2.24) is 0 Å². The van der Waals surface area contributed by atoms with E-state index in [0.717, 1.165) is 0 Å². The minimum Gasteiger partial charge on any atom is -0.547 e. The van der Waals surface area contributed by atoms with Gasteiger partial charge in [0.05, 0.1) is 11.9 Å². The van der Waals surface area contributed by atoms with Crippen LogP contribution in [0.4, 0.5) is 0 Å². The SMILES string of the molecule is O=C[C@H](O)[C@@H](O)[C@@H](O)[C@H](O)C(=O)[O-].O=C[C@H](OS(=O)(=O)O)[C@@H](O)[C@@H](O)[C@H](O)C(=O)[O-].[Mg+2]. The maximum absolute atomic E-state index is 10.3. The second-order valence-electron chi connectivity index (χ2n) is 5.24. The average Bonchev–Trinajstić information content (AvgIpc) is 2.67. The van der Waals surface area contributed by atoms with Crippen LogP contribution in [0.1, 0.15) is 0 Å². The predicted molar refractivity (Wildman–Crippen MR) is 86.4 cm³/mol. The van der Waals surface area contributed by atoms with E-state index in [1.165, 1.54) is 0 Å². The third kappa shape index (κ3) is 12.9. The molecule has 17 nitrogen and oxygen atoms in total. The number of hydrogen-bond acceptors (Lipinski definition) is 16. The average molecular weight is 491 g/mol. The molecule has 0 aromatic carbocycles. The molecular formula is C12H18MgO17S. The fraction of sp³-hybridized carbons (Fsp3) is 0.667. The van der Waals surface area contributed by atoms with Gasteiger partial charge in [0.2, 0.25) is 0 Å². The van der Waals surface area contributed by atoms with Crippen LogP contribution < -0.4 is 10.2 Å². The number of rotatable bonds is 12. The standard InChI is InChI=1S/C6H10O10S.C6H10O7.Mg/c7-1-2(16-17(13,14)15)3(8)4(9)5(10)6(11)12;7-1-2(8)3(9)4(10)5(11)6(12)13;/h1-5,8-10H,(H,11,12)(H,13,14,15);1-5,8-11H,(H,12,13);/q;;+2/p-2/t2*2-,3+,4+,5-;/m00./s1. The van der Waals surface area contributed by atoms with Gasteiger partial charge in [0.15, 0.2) is 18.7 Å². The monoisotopic (exact) mass is 490 g/mol. The van der Waals surface area contributed by atoms with E-state index < -0.39 is 71.2 Å². The zero-order valence-corrected chi connectivity index (χ0v) is 17.4. The van der Waals surface area contributed by atoms with E-state index in [0.29, 0.717) is 0 Å². The van der Waals surface area contributed by atoms with Gasteiger partial charge in [-0.15, -0.1) is 0 Å². The summed E-state index contributed by atoms with van der Waals surface area (Å²) < 4.78 is 32.3. The molecule has 8 atom stereocenters. The molecule has 8 N–H and O–H groups in total. The zero-order valence-electron chi connectivity index (χ0n) is 15.1. The summed E-state index contributed by atoms with van der Waals surface area (Å²) in [5.41, 5.74) is 0. The van der Waals surface area contributed by atoms with Crippen LogP contribution in [0.2, 0.25) is 0 Å². The minimum absolute atomic E-state index is 0. The van der Waals surface area contributed by atoms with Crippen LogP contribution >= 0.6 is 0 Å². The van der Waals surface area contributed by atoms with Crippen molar-refractivity contribution in [3.8, 4) is 0 Å². The molecule has 0 rings (SSSR count). The number of carbonyl (C=O) groups is 4. The summed E-state index contributed by atoms with van der Waals surface area (Å²) in [4.78, 5) is 40.2. The molecule has 0 aromatic rings. The van der Waals surface area contributed by atoms with E-state index >= 15 is 0 Å². The van der Waals surface area contributed by atoms with Crippen LogP contribution in [0.15, 0.2) is 0 Å². The third-order valence-corrected chi connectivity index (χ3v) is 3.49. The predicted octanol–water partition coefficient (Wildman–Crippen LogP) is -9.80. The van der Waals surface area contributed by atoms with Crippen LogP contribution in [0.5, 0.6) is 0 Å². The third-order valence-electron chi connectivity index (χ3n) is 3.02. The van der Waals surface area contributed by atoms with Crippen molar-refractivity contribution >= 4 is 58.0 Å². The molecule has 0 aliphatic heterocycles. The van der Waals surface area contributed by atoms with Gasteiger partial charge in [0.25, 0.3) is 0 Å². The van der Waals surface area contributed by atoms with Gasteiger partial charge >= 0.3 is 33.5 Å².